The van der Waals surface area contributed by atoms with Crippen LogP contribution in [-0.2, 0) is 4.79 Å². The zero-order valence-electron chi connectivity index (χ0n) is 9.14. The van der Waals surface area contributed by atoms with Crippen LogP contribution in [0.25, 0.3) is 0 Å². The van der Waals surface area contributed by atoms with E-state index in [1.807, 2.05) is 6.26 Å². The van der Waals surface area contributed by atoms with Crippen molar-refractivity contribution >= 4 is 23.4 Å². The molecule has 1 aromatic rings. The lowest BCUT2D eigenvalue weighted by Gasteiger charge is -2.12. The Hall–Kier alpha value is -1.20. The first-order chi connectivity index (χ1) is 7.65. The molecule has 0 spiro atoms. The van der Waals surface area contributed by atoms with Gasteiger partial charge in [-0.2, -0.15) is 11.8 Å². The van der Waals surface area contributed by atoms with E-state index in [1.54, 1.807) is 30.0 Å². The van der Waals surface area contributed by atoms with Crippen LogP contribution in [0.4, 0.5) is 5.69 Å². The second-order valence-electron chi connectivity index (χ2n) is 3.39. The number of para-hydroxylation sites is 2. The van der Waals surface area contributed by atoms with Crippen molar-refractivity contribution in [2.75, 3.05) is 17.3 Å². The number of benzene rings is 1. The average Bonchev–Trinajstić information content (AvgIpc) is 2.28. The van der Waals surface area contributed by atoms with Crippen molar-refractivity contribution in [1.82, 2.24) is 0 Å². The Labute approximate surface area is 99.2 Å². The lowest BCUT2D eigenvalue weighted by molar-refractivity contribution is -0.117. The molecule has 0 aliphatic carbocycles. The summed E-state index contributed by atoms with van der Waals surface area (Å²) in [5.74, 6) is 0.624. The maximum absolute atomic E-state index is 11.6. The number of amides is 1. The van der Waals surface area contributed by atoms with E-state index in [9.17, 15) is 9.90 Å². The number of nitrogens with one attached hydrogen (secondary N) is 1. The van der Waals surface area contributed by atoms with Gasteiger partial charge in [-0.25, -0.2) is 0 Å². The van der Waals surface area contributed by atoms with Crippen molar-refractivity contribution in [1.29, 1.82) is 0 Å². The summed E-state index contributed by atoms with van der Waals surface area (Å²) in [5.41, 5.74) is 6.09. The van der Waals surface area contributed by atoms with Crippen molar-refractivity contribution < 1.29 is 9.90 Å². The molecule has 5 heteroatoms. The molecule has 1 atom stereocenters. The van der Waals surface area contributed by atoms with Crippen molar-refractivity contribution in [2.45, 2.75) is 12.5 Å². The monoisotopic (exact) mass is 240 g/mol. The van der Waals surface area contributed by atoms with E-state index >= 15 is 0 Å². The van der Waals surface area contributed by atoms with Crippen LogP contribution in [0.3, 0.4) is 0 Å². The molecular formula is C11H16N2O2S. The predicted molar refractivity (Wildman–Crippen MR) is 67.7 cm³/mol. The summed E-state index contributed by atoms with van der Waals surface area (Å²) in [6, 6.07) is 6.05. The van der Waals surface area contributed by atoms with Gasteiger partial charge in [0.15, 0.2) is 0 Å². The summed E-state index contributed by atoms with van der Waals surface area (Å²) in [5, 5.41) is 12.1. The Morgan fingerprint density at radius 3 is 2.88 bits per heavy atom. The lowest BCUT2D eigenvalue weighted by atomic mass is 10.2. The molecule has 88 valence electrons. The number of hydrogen-bond acceptors (Lipinski definition) is 4. The number of phenolic OH excluding ortho intramolecular Hbond substituents is 1. The maximum Gasteiger partial charge on any atom is 0.241 e. The van der Waals surface area contributed by atoms with E-state index in [0.717, 1.165) is 5.75 Å². The van der Waals surface area contributed by atoms with Gasteiger partial charge in [0.2, 0.25) is 5.91 Å². The number of rotatable bonds is 5. The number of thioether (sulfide) groups is 1. The first-order valence-corrected chi connectivity index (χ1v) is 6.38. The summed E-state index contributed by atoms with van der Waals surface area (Å²) in [7, 11) is 0. The normalized spacial score (nSPS) is 12.1. The third-order valence-corrected chi connectivity index (χ3v) is 2.78. The first-order valence-electron chi connectivity index (χ1n) is 4.98. The minimum Gasteiger partial charge on any atom is -0.506 e. The third kappa shape index (κ3) is 3.75. The molecule has 0 fully saturated rings. The van der Waals surface area contributed by atoms with Crippen molar-refractivity contribution in [3.63, 3.8) is 0 Å². The summed E-state index contributed by atoms with van der Waals surface area (Å²) in [4.78, 5) is 11.6. The van der Waals surface area contributed by atoms with Gasteiger partial charge in [0, 0.05) is 0 Å². The van der Waals surface area contributed by atoms with E-state index in [0.29, 0.717) is 12.1 Å². The number of aromatic hydroxyl groups is 1. The van der Waals surface area contributed by atoms with Crippen LogP contribution in [-0.4, -0.2) is 29.1 Å². The van der Waals surface area contributed by atoms with Crippen LogP contribution >= 0.6 is 11.8 Å². The molecule has 1 aromatic carbocycles. The van der Waals surface area contributed by atoms with Crippen LogP contribution in [0.2, 0.25) is 0 Å². The van der Waals surface area contributed by atoms with E-state index < -0.39 is 6.04 Å². The molecule has 16 heavy (non-hydrogen) atoms. The van der Waals surface area contributed by atoms with Gasteiger partial charge in [-0.05, 0) is 30.6 Å². The Balaban J connectivity index is 2.54. The Morgan fingerprint density at radius 2 is 2.25 bits per heavy atom. The molecule has 0 bridgehead atoms. The fourth-order valence-electron chi connectivity index (χ4n) is 1.18. The van der Waals surface area contributed by atoms with Crippen molar-refractivity contribution in [3.8, 4) is 5.75 Å². The zero-order valence-corrected chi connectivity index (χ0v) is 9.96. The Morgan fingerprint density at radius 1 is 1.56 bits per heavy atom. The van der Waals surface area contributed by atoms with Crippen LogP contribution in [0.5, 0.6) is 5.75 Å². The lowest BCUT2D eigenvalue weighted by Crippen LogP contribution is -2.36. The van der Waals surface area contributed by atoms with Gasteiger partial charge in [0.05, 0.1) is 11.7 Å². The highest BCUT2D eigenvalue weighted by atomic mass is 32.2. The van der Waals surface area contributed by atoms with Gasteiger partial charge in [-0.15, -0.1) is 0 Å². The first kappa shape index (κ1) is 12.9. The number of carbonyl (C=O) groups is 1. The number of hydrogen-bond donors (Lipinski definition) is 3. The quantitative estimate of drug-likeness (QED) is 0.680. The maximum atomic E-state index is 11.6. The minimum absolute atomic E-state index is 0.0490. The fraction of sp³-hybridized carbons (Fsp3) is 0.364. The van der Waals surface area contributed by atoms with Crippen molar-refractivity contribution in [2.24, 2.45) is 5.73 Å². The molecule has 0 heterocycles. The SMILES string of the molecule is CSCC[C@@H](N)C(=O)Nc1ccccc1O. The number of phenols is 1. The predicted octanol–water partition coefficient (Wildman–Crippen LogP) is 1.41. The average molecular weight is 240 g/mol. The summed E-state index contributed by atoms with van der Waals surface area (Å²) in [6.07, 6.45) is 2.59. The molecular weight excluding hydrogens is 224 g/mol. The van der Waals surface area contributed by atoms with Gasteiger partial charge in [0.25, 0.3) is 0 Å². The molecule has 0 aromatic heterocycles. The molecule has 4 nitrogen and oxygen atoms in total. The molecule has 1 amide bonds. The second-order valence-corrected chi connectivity index (χ2v) is 4.38. The molecule has 0 aliphatic rings. The highest BCUT2D eigenvalue weighted by molar-refractivity contribution is 7.98. The van der Waals surface area contributed by atoms with Crippen LogP contribution in [0, 0.1) is 0 Å². The molecule has 0 unspecified atom stereocenters. The molecule has 0 saturated carbocycles. The van der Waals surface area contributed by atoms with Crippen LogP contribution in [0.1, 0.15) is 6.42 Å². The standard InChI is InChI=1S/C11H16N2O2S/c1-16-7-6-8(12)11(15)13-9-4-2-3-5-10(9)14/h2-5,8,14H,6-7,12H2,1H3,(H,13,15)/t8-/m1/s1. The number of anilines is 1. The van der Waals surface area contributed by atoms with Gasteiger partial charge in [-0.3, -0.25) is 4.79 Å². The Bertz CT molecular complexity index is 358. The van der Waals surface area contributed by atoms with Gasteiger partial charge in [0.1, 0.15) is 5.75 Å². The summed E-state index contributed by atoms with van der Waals surface area (Å²) in [6.45, 7) is 0. The highest BCUT2D eigenvalue weighted by Crippen LogP contribution is 2.21. The minimum atomic E-state index is -0.535. The highest BCUT2D eigenvalue weighted by Gasteiger charge is 2.14. The Kier molecular flexibility index (Phi) is 5.14. The third-order valence-electron chi connectivity index (χ3n) is 2.13. The smallest absolute Gasteiger partial charge is 0.241 e. The van der Waals surface area contributed by atoms with E-state index in [1.165, 1.54) is 6.07 Å². The van der Waals surface area contributed by atoms with E-state index in [2.05, 4.69) is 5.32 Å². The molecule has 0 saturated heterocycles. The number of carbonyl (C=O) groups excluding carboxylic acids is 1. The molecule has 0 aliphatic heterocycles. The second kappa shape index (κ2) is 6.40. The van der Waals surface area contributed by atoms with Crippen LogP contribution in [0.15, 0.2) is 24.3 Å². The molecule has 4 N–H and O–H groups in total. The largest absolute Gasteiger partial charge is 0.506 e. The van der Waals surface area contributed by atoms with Crippen molar-refractivity contribution in [3.05, 3.63) is 24.3 Å². The number of nitrogens with two attached hydrogens (primary N) is 1. The summed E-state index contributed by atoms with van der Waals surface area (Å²) < 4.78 is 0. The zero-order chi connectivity index (χ0) is 12.0. The topological polar surface area (TPSA) is 75.4 Å². The fourth-order valence-corrected chi connectivity index (χ4v) is 1.67. The van der Waals surface area contributed by atoms with E-state index in [-0.39, 0.29) is 11.7 Å². The summed E-state index contributed by atoms with van der Waals surface area (Å²) >= 11 is 1.65. The van der Waals surface area contributed by atoms with E-state index in [4.69, 9.17) is 5.73 Å². The van der Waals surface area contributed by atoms with Gasteiger partial charge < -0.3 is 16.2 Å². The van der Waals surface area contributed by atoms with Gasteiger partial charge in [-0.1, -0.05) is 12.1 Å². The van der Waals surface area contributed by atoms with Gasteiger partial charge >= 0.3 is 0 Å². The van der Waals surface area contributed by atoms with Crippen LogP contribution < -0.4 is 11.1 Å². The molecule has 0 radical (unpaired) electrons. The molecule has 1 rings (SSSR count).